The summed E-state index contributed by atoms with van der Waals surface area (Å²) in [5.74, 6) is 0.0973. The molecule has 4 nitrogen and oxygen atoms in total. The fourth-order valence-electron chi connectivity index (χ4n) is 2.23. The first-order valence-corrected chi connectivity index (χ1v) is 6.55. The van der Waals surface area contributed by atoms with Crippen LogP contribution < -0.4 is 5.73 Å². The van der Waals surface area contributed by atoms with Crippen LogP contribution in [0.3, 0.4) is 0 Å². The molecule has 0 aromatic rings. The molecule has 0 radical (unpaired) electrons. The maximum Gasteiger partial charge on any atom is 0.240 e. The van der Waals surface area contributed by atoms with Gasteiger partial charge in [-0.05, 0) is 18.9 Å². The maximum absolute atomic E-state index is 12.3. The molecule has 0 aliphatic carbocycles. The smallest absolute Gasteiger partial charge is 0.240 e. The summed E-state index contributed by atoms with van der Waals surface area (Å²) in [7, 11) is 0. The van der Waals surface area contributed by atoms with E-state index in [-0.39, 0.29) is 11.3 Å². The Hall–Kier alpha value is -0.610. The molecule has 0 aromatic carbocycles. The highest BCUT2D eigenvalue weighted by Gasteiger charge is 2.33. The van der Waals surface area contributed by atoms with E-state index < -0.39 is 6.04 Å². The van der Waals surface area contributed by atoms with Crippen molar-refractivity contribution in [2.24, 2.45) is 11.1 Å². The van der Waals surface area contributed by atoms with Gasteiger partial charge < -0.3 is 10.6 Å². The SMILES string of the molecule is CCN1CCN(C(=O)C(N)C(C)(C)C)CC1C. The van der Waals surface area contributed by atoms with Gasteiger partial charge in [0.2, 0.25) is 5.91 Å². The van der Waals surface area contributed by atoms with Crippen molar-refractivity contribution in [3.8, 4) is 0 Å². The van der Waals surface area contributed by atoms with Gasteiger partial charge in [-0.15, -0.1) is 0 Å². The molecule has 1 heterocycles. The summed E-state index contributed by atoms with van der Waals surface area (Å²) >= 11 is 0. The fourth-order valence-corrected chi connectivity index (χ4v) is 2.23. The maximum atomic E-state index is 12.3. The summed E-state index contributed by atoms with van der Waals surface area (Å²) in [4.78, 5) is 16.6. The molecule has 0 saturated carbocycles. The van der Waals surface area contributed by atoms with Crippen LogP contribution in [0.5, 0.6) is 0 Å². The molecule has 17 heavy (non-hydrogen) atoms. The monoisotopic (exact) mass is 241 g/mol. The average Bonchev–Trinajstić information content (AvgIpc) is 2.25. The molecule has 0 aromatic heterocycles. The molecule has 2 unspecified atom stereocenters. The van der Waals surface area contributed by atoms with Crippen LogP contribution in [-0.4, -0.2) is 54.0 Å². The summed E-state index contributed by atoms with van der Waals surface area (Å²) in [5, 5.41) is 0. The third-order valence-corrected chi connectivity index (χ3v) is 3.68. The van der Waals surface area contributed by atoms with Gasteiger partial charge in [0.05, 0.1) is 6.04 Å². The Morgan fingerprint density at radius 1 is 1.41 bits per heavy atom. The molecule has 1 amide bonds. The molecular formula is C13H27N3O. The van der Waals surface area contributed by atoms with Gasteiger partial charge >= 0.3 is 0 Å². The number of carbonyl (C=O) groups is 1. The van der Waals surface area contributed by atoms with Gasteiger partial charge in [0.25, 0.3) is 0 Å². The number of piperazine rings is 1. The number of likely N-dealkylation sites (N-methyl/N-ethyl adjacent to an activating group) is 1. The zero-order chi connectivity index (χ0) is 13.2. The topological polar surface area (TPSA) is 49.6 Å². The van der Waals surface area contributed by atoms with Gasteiger partial charge in [-0.2, -0.15) is 0 Å². The highest BCUT2D eigenvalue weighted by Crippen LogP contribution is 2.20. The second-order valence-electron chi connectivity index (χ2n) is 6.11. The van der Waals surface area contributed by atoms with E-state index in [2.05, 4.69) is 18.7 Å². The summed E-state index contributed by atoms with van der Waals surface area (Å²) in [6.07, 6.45) is 0. The normalized spacial score (nSPS) is 24.8. The zero-order valence-electron chi connectivity index (χ0n) is 11.9. The second-order valence-corrected chi connectivity index (χ2v) is 6.11. The lowest BCUT2D eigenvalue weighted by molar-refractivity contribution is -0.137. The predicted octanol–water partition coefficient (Wildman–Crippen LogP) is 0.912. The lowest BCUT2D eigenvalue weighted by Crippen LogP contribution is -2.58. The minimum absolute atomic E-state index is 0.0973. The molecule has 1 fully saturated rings. The molecule has 2 atom stereocenters. The highest BCUT2D eigenvalue weighted by atomic mass is 16.2. The van der Waals surface area contributed by atoms with Crippen LogP contribution in [0.25, 0.3) is 0 Å². The summed E-state index contributed by atoms with van der Waals surface area (Å²) in [6, 6.07) is 0.0349. The number of rotatable bonds is 2. The Balaban J connectivity index is 2.61. The number of carbonyl (C=O) groups excluding carboxylic acids is 1. The Labute approximate surface area is 105 Å². The zero-order valence-corrected chi connectivity index (χ0v) is 11.9. The molecule has 0 bridgehead atoms. The Bertz CT molecular complexity index is 272. The number of nitrogens with two attached hydrogens (primary N) is 1. The van der Waals surface area contributed by atoms with Gasteiger partial charge in [0, 0.05) is 25.7 Å². The van der Waals surface area contributed by atoms with Crippen molar-refractivity contribution in [3.05, 3.63) is 0 Å². The van der Waals surface area contributed by atoms with Gasteiger partial charge in [-0.1, -0.05) is 27.7 Å². The predicted molar refractivity (Wildman–Crippen MR) is 70.7 cm³/mol. The molecule has 1 rings (SSSR count). The highest BCUT2D eigenvalue weighted by molar-refractivity contribution is 5.82. The molecule has 100 valence electrons. The van der Waals surface area contributed by atoms with E-state index in [1.807, 2.05) is 25.7 Å². The molecule has 2 N–H and O–H groups in total. The van der Waals surface area contributed by atoms with Crippen molar-refractivity contribution in [3.63, 3.8) is 0 Å². The van der Waals surface area contributed by atoms with Crippen LogP contribution in [-0.2, 0) is 4.79 Å². The van der Waals surface area contributed by atoms with Crippen LogP contribution in [0.1, 0.15) is 34.6 Å². The molecular weight excluding hydrogens is 214 g/mol. The van der Waals surface area contributed by atoms with Crippen molar-refractivity contribution in [1.82, 2.24) is 9.80 Å². The quantitative estimate of drug-likeness (QED) is 0.782. The van der Waals surface area contributed by atoms with E-state index in [1.54, 1.807) is 0 Å². The first kappa shape index (κ1) is 14.5. The summed E-state index contributed by atoms with van der Waals surface area (Å²) in [5.41, 5.74) is 5.87. The van der Waals surface area contributed by atoms with Crippen molar-refractivity contribution in [2.75, 3.05) is 26.2 Å². The van der Waals surface area contributed by atoms with Crippen LogP contribution in [0.2, 0.25) is 0 Å². The first-order valence-electron chi connectivity index (χ1n) is 6.55. The largest absolute Gasteiger partial charge is 0.338 e. The minimum Gasteiger partial charge on any atom is -0.338 e. The van der Waals surface area contributed by atoms with Crippen molar-refractivity contribution in [2.45, 2.75) is 46.7 Å². The molecule has 1 aliphatic heterocycles. The third kappa shape index (κ3) is 3.42. The van der Waals surface area contributed by atoms with Gasteiger partial charge in [0.15, 0.2) is 0 Å². The van der Waals surface area contributed by atoms with E-state index >= 15 is 0 Å². The van der Waals surface area contributed by atoms with E-state index in [4.69, 9.17) is 5.73 Å². The van der Waals surface area contributed by atoms with E-state index in [0.29, 0.717) is 6.04 Å². The van der Waals surface area contributed by atoms with Crippen LogP contribution in [0.15, 0.2) is 0 Å². The summed E-state index contributed by atoms with van der Waals surface area (Å²) in [6.45, 7) is 14.0. The molecule has 4 heteroatoms. The Morgan fingerprint density at radius 3 is 2.41 bits per heavy atom. The van der Waals surface area contributed by atoms with Gasteiger partial charge in [-0.3, -0.25) is 9.69 Å². The van der Waals surface area contributed by atoms with Crippen molar-refractivity contribution < 1.29 is 4.79 Å². The Kier molecular flexibility index (Phi) is 4.55. The van der Waals surface area contributed by atoms with Crippen LogP contribution >= 0.6 is 0 Å². The van der Waals surface area contributed by atoms with E-state index in [0.717, 1.165) is 26.2 Å². The molecule has 1 saturated heterocycles. The van der Waals surface area contributed by atoms with Crippen LogP contribution in [0.4, 0.5) is 0 Å². The fraction of sp³-hybridized carbons (Fsp3) is 0.923. The number of nitrogens with zero attached hydrogens (tertiary/aromatic N) is 2. The van der Waals surface area contributed by atoms with Gasteiger partial charge in [0.1, 0.15) is 0 Å². The lowest BCUT2D eigenvalue weighted by atomic mass is 9.86. The summed E-state index contributed by atoms with van der Waals surface area (Å²) < 4.78 is 0. The third-order valence-electron chi connectivity index (χ3n) is 3.68. The molecule has 0 spiro atoms. The van der Waals surface area contributed by atoms with Gasteiger partial charge in [-0.25, -0.2) is 0 Å². The van der Waals surface area contributed by atoms with Crippen molar-refractivity contribution in [1.29, 1.82) is 0 Å². The van der Waals surface area contributed by atoms with E-state index in [1.165, 1.54) is 0 Å². The second kappa shape index (κ2) is 5.36. The Morgan fingerprint density at radius 2 is 2.00 bits per heavy atom. The number of amides is 1. The molecule has 1 aliphatic rings. The van der Waals surface area contributed by atoms with Crippen molar-refractivity contribution >= 4 is 5.91 Å². The van der Waals surface area contributed by atoms with E-state index in [9.17, 15) is 4.79 Å². The standard InChI is InChI=1S/C13H27N3O/c1-6-15-7-8-16(9-10(15)2)12(17)11(14)13(3,4)5/h10-11H,6-9,14H2,1-5H3. The average molecular weight is 241 g/mol. The van der Waals surface area contributed by atoms with Crippen LogP contribution in [0, 0.1) is 5.41 Å². The number of hydrogen-bond donors (Lipinski definition) is 1. The lowest BCUT2D eigenvalue weighted by Gasteiger charge is -2.41. The number of hydrogen-bond acceptors (Lipinski definition) is 3. The first-order chi connectivity index (χ1) is 7.77. The minimum atomic E-state index is -0.400.